The molecule has 0 saturated carbocycles. The van der Waals surface area contributed by atoms with Crippen molar-refractivity contribution in [1.82, 2.24) is 10.3 Å². The molecule has 5 nitrogen and oxygen atoms in total. The molecule has 1 aromatic carbocycles. The van der Waals surface area contributed by atoms with Crippen LogP contribution in [0.1, 0.15) is 17.2 Å². The van der Waals surface area contributed by atoms with Crippen molar-refractivity contribution < 1.29 is 14.7 Å². The molecule has 20 heavy (non-hydrogen) atoms. The molecule has 2 rings (SSSR count). The number of nitrogens with one attached hydrogen (secondary N) is 1. The lowest BCUT2D eigenvalue weighted by Gasteiger charge is -2.14. The van der Waals surface area contributed by atoms with E-state index in [1.807, 2.05) is 0 Å². The zero-order valence-corrected chi connectivity index (χ0v) is 10.7. The fourth-order valence-corrected chi connectivity index (χ4v) is 1.83. The number of carboxylic acids is 1. The Morgan fingerprint density at radius 1 is 1.15 bits per heavy atom. The number of nitrogens with zero attached hydrogens (tertiary/aromatic N) is 1. The van der Waals surface area contributed by atoms with Gasteiger partial charge in [-0.1, -0.05) is 36.4 Å². The van der Waals surface area contributed by atoms with E-state index < -0.39 is 12.0 Å². The fraction of sp³-hybridized carbons (Fsp3) is 0.133. The molecular formula is C15H14N2O3. The Kier molecular flexibility index (Phi) is 4.44. The van der Waals surface area contributed by atoms with Crippen LogP contribution in [0.25, 0.3) is 0 Å². The van der Waals surface area contributed by atoms with Crippen molar-refractivity contribution >= 4 is 11.9 Å². The van der Waals surface area contributed by atoms with Crippen molar-refractivity contribution in [3.8, 4) is 0 Å². The average Bonchev–Trinajstić information content (AvgIpc) is 2.46. The van der Waals surface area contributed by atoms with Gasteiger partial charge in [0, 0.05) is 12.4 Å². The highest BCUT2D eigenvalue weighted by Crippen LogP contribution is 2.13. The molecule has 0 spiro atoms. The first-order valence-electron chi connectivity index (χ1n) is 6.13. The van der Waals surface area contributed by atoms with Crippen molar-refractivity contribution in [2.75, 3.05) is 0 Å². The maximum absolute atomic E-state index is 11.9. The van der Waals surface area contributed by atoms with Gasteiger partial charge in [0.1, 0.15) is 0 Å². The number of carbonyl (C=O) groups is 2. The van der Waals surface area contributed by atoms with Crippen molar-refractivity contribution in [2.45, 2.75) is 12.5 Å². The third-order valence-electron chi connectivity index (χ3n) is 2.77. The number of rotatable bonds is 5. The third-order valence-corrected chi connectivity index (χ3v) is 2.77. The van der Waals surface area contributed by atoms with Crippen molar-refractivity contribution in [1.29, 1.82) is 0 Å². The molecule has 2 aromatic rings. The van der Waals surface area contributed by atoms with E-state index in [1.165, 1.54) is 0 Å². The first kappa shape index (κ1) is 13.7. The van der Waals surface area contributed by atoms with Gasteiger partial charge in [0.15, 0.2) is 6.04 Å². The Morgan fingerprint density at radius 2 is 1.90 bits per heavy atom. The van der Waals surface area contributed by atoms with E-state index in [-0.39, 0.29) is 12.3 Å². The zero-order chi connectivity index (χ0) is 14.4. The summed E-state index contributed by atoms with van der Waals surface area (Å²) in [5.74, 6) is -1.44. The average molecular weight is 270 g/mol. The second kappa shape index (κ2) is 6.47. The molecule has 0 aliphatic carbocycles. The molecule has 102 valence electrons. The number of aliphatic carboxylic acids is 1. The number of aromatic nitrogens is 1. The first-order valence-corrected chi connectivity index (χ1v) is 6.13. The quantitative estimate of drug-likeness (QED) is 0.864. The predicted octanol–water partition coefficient (Wildman–Crippen LogP) is 1.57. The minimum Gasteiger partial charge on any atom is -0.479 e. The molecular weight excluding hydrogens is 256 g/mol. The smallest absolute Gasteiger partial charge is 0.330 e. The maximum atomic E-state index is 11.9. The first-order chi connectivity index (χ1) is 9.66. The monoisotopic (exact) mass is 270 g/mol. The molecule has 1 atom stereocenters. The van der Waals surface area contributed by atoms with Gasteiger partial charge in [0.25, 0.3) is 0 Å². The predicted molar refractivity (Wildman–Crippen MR) is 72.9 cm³/mol. The number of amides is 1. The lowest BCUT2D eigenvalue weighted by atomic mass is 10.1. The number of benzene rings is 1. The number of carboxylic acid groups (broad SMARTS) is 1. The van der Waals surface area contributed by atoms with E-state index in [9.17, 15) is 14.7 Å². The summed E-state index contributed by atoms with van der Waals surface area (Å²) >= 11 is 0. The molecule has 1 amide bonds. The summed E-state index contributed by atoms with van der Waals surface area (Å²) in [7, 11) is 0. The van der Waals surface area contributed by atoms with Gasteiger partial charge in [-0.05, 0) is 17.2 Å². The van der Waals surface area contributed by atoms with Crippen LogP contribution >= 0.6 is 0 Å². The summed E-state index contributed by atoms with van der Waals surface area (Å²) in [5.41, 5.74) is 1.28. The van der Waals surface area contributed by atoms with Crippen LogP contribution in [0.4, 0.5) is 0 Å². The van der Waals surface area contributed by atoms with Crippen LogP contribution < -0.4 is 5.32 Å². The fourth-order valence-electron chi connectivity index (χ4n) is 1.83. The molecule has 0 radical (unpaired) electrons. The Bertz CT molecular complexity index is 585. The summed E-state index contributed by atoms with van der Waals surface area (Å²) in [6.45, 7) is 0. The molecule has 0 aliphatic rings. The number of hydrogen-bond donors (Lipinski definition) is 2. The Morgan fingerprint density at radius 3 is 2.50 bits per heavy atom. The normalized spacial score (nSPS) is 11.6. The number of hydrogen-bond acceptors (Lipinski definition) is 3. The molecule has 1 aromatic heterocycles. The summed E-state index contributed by atoms with van der Waals surface area (Å²) in [4.78, 5) is 27.1. The Labute approximate surface area is 116 Å². The van der Waals surface area contributed by atoms with Crippen molar-refractivity contribution in [3.63, 3.8) is 0 Å². The van der Waals surface area contributed by atoms with E-state index in [1.54, 1.807) is 54.9 Å². The van der Waals surface area contributed by atoms with Crippen LogP contribution in [-0.2, 0) is 16.0 Å². The number of pyridine rings is 1. The summed E-state index contributed by atoms with van der Waals surface area (Å²) < 4.78 is 0. The largest absolute Gasteiger partial charge is 0.479 e. The van der Waals surface area contributed by atoms with E-state index in [0.717, 1.165) is 5.56 Å². The second-order valence-corrected chi connectivity index (χ2v) is 4.29. The van der Waals surface area contributed by atoms with Crippen LogP contribution in [0.5, 0.6) is 0 Å². The van der Waals surface area contributed by atoms with Gasteiger partial charge in [-0.15, -0.1) is 0 Å². The van der Waals surface area contributed by atoms with Gasteiger partial charge in [0.05, 0.1) is 6.42 Å². The molecule has 5 heteroatoms. The van der Waals surface area contributed by atoms with Gasteiger partial charge in [-0.2, -0.15) is 0 Å². The molecule has 2 N–H and O–H groups in total. The van der Waals surface area contributed by atoms with Crippen LogP contribution in [0.3, 0.4) is 0 Å². The maximum Gasteiger partial charge on any atom is 0.330 e. The molecule has 0 bridgehead atoms. The van der Waals surface area contributed by atoms with Crippen molar-refractivity contribution in [2.24, 2.45) is 0 Å². The van der Waals surface area contributed by atoms with Crippen molar-refractivity contribution in [3.05, 3.63) is 66.0 Å². The highest BCUT2D eigenvalue weighted by Gasteiger charge is 2.21. The van der Waals surface area contributed by atoms with Crippen LogP contribution in [0, 0.1) is 0 Å². The van der Waals surface area contributed by atoms with Crippen LogP contribution in [0.2, 0.25) is 0 Å². The summed E-state index contributed by atoms with van der Waals surface area (Å²) in [5, 5.41) is 11.7. The highest BCUT2D eigenvalue weighted by molar-refractivity contribution is 5.85. The van der Waals surface area contributed by atoms with Gasteiger partial charge < -0.3 is 10.4 Å². The molecule has 0 fully saturated rings. The lowest BCUT2D eigenvalue weighted by molar-refractivity contribution is -0.141. The summed E-state index contributed by atoms with van der Waals surface area (Å²) in [6.07, 6.45) is 3.30. The Hall–Kier alpha value is -2.69. The van der Waals surface area contributed by atoms with Gasteiger partial charge in [-0.25, -0.2) is 4.79 Å². The third kappa shape index (κ3) is 3.65. The number of carbonyl (C=O) groups excluding carboxylic acids is 1. The van der Waals surface area contributed by atoms with E-state index in [2.05, 4.69) is 10.3 Å². The minimum absolute atomic E-state index is 0.102. The standard InChI is InChI=1S/C15H14N2O3/c18-13(9-11-5-4-8-16-10-11)17-14(15(19)20)12-6-2-1-3-7-12/h1-8,10,14H,9H2,(H,17,18)(H,19,20)/t14-/m0/s1. The highest BCUT2D eigenvalue weighted by atomic mass is 16.4. The Balaban J connectivity index is 2.06. The minimum atomic E-state index is -1.09. The van der Waals surface area contributed by atoms with Crippen LogP contribution in [-0.4, -0.2) is 22.0 Å². The topological polar surface area (TPSA) is 79.3 Å². The molecule has 0 aliphatic heterocycles. The molecule has 0 saturated heterocycles. The zero-order valence-electron chi connectivity index (χ0n) is 10.7. The van der Waals surface area contributed by atoms with Crippen LogP contribution in [0.15, 0.2) is 54.9 Å². The van der Waals surface area contributed by atoms with E-state index in [4.69, 9.17) is 0 Å². The molecule has 1 heterocycles. The molecule has 0 unspecified atom stereocenters. The summed E-state index contributed by atoms with van der Waals surface area (Å²) in [6, 6.07) is 11.1. The van der Waals surface area contributed by atoms with E-state index in [0.29, 0.717) is 5.56 Å². The van der Waals surface area contributed by atoms with E-state index >= 15 is 0 Å². The van der Waals surface area contributed by atoms with Gasteiger partial charge in [-0.3, -0.25) is 9.78 Å². The van der Waals surface area contributed by atoms with Gasteiger partial charge in [0.2, 0.25) is 5.91 Å². The van der Waals surface area contributed by atoms with Gasteiger partial charge >= 0.3 is 5.97 Å². The SMILES string of the molecule is O=C(Cc1cccnc1)N[C@H](C(=O)O)c1ccccc1. The second-order valence-electron chi connectivity index (χ2n) is 4.29. The lowest BCUT2D eigenvalue weighted by Crippen LogP contribution is -2.34.